The number of ether oxygens (including phenoxy) is 1. The molecule has 0 atom stereocenters. The summed E-state index contributed by atoms with van der Waals surface area (Å²) in [5.74, 6) is -1.61. The number of nitrogens with zero attached hydrogens (tertiary/aromatic N) is 3. The first-order chi connectivity index (χ1) is 15.7. The molecule has 1 N–H and O–H groups in total. The molecule has 178 valence electrons. The lowest BCUT2D eigenvalue weighted by Gasteiger charge is -2.34. The lowest BCUT2D eigenvalue weighted by molar-refractivity contribution is -0.153. The predicted molar refractivity (Wildman–Crippen MR) is 119 cm³/mol. The van der Waals surface area contributed by atoms with Crippen molar-refractivity contribution in [2.24, 2.45) is 0 Å². The first-order valence-corrected chi connectivity index (χ1v) is 11.1. The molecule has 3 rings (SSSR count). The number of carbonyl (C=O) groups is 5. The molecule has 0 saturated carbocycles. The van der Waals surface area contributed by atoms with Crippen molar-refractivity contribution in [3.63, 3.8) is 0 Å². The van der Waals surface area contributed by atoms with Crippen LogP contribution in [0.1, 0.15) is 30.4 Å². The Morgan fingerprint density at radius 2 is 1.58 bits per heavy atom. The van der Waals surface area contributed by atoms with Crippen molar-refractivity contribution in [3.05, 3.63) is 29.3 Å². The molecule has 1 aromatic rings. The maximum Gasteiger partial charge on any atom is 0.308 e. The van der Waals surface area contributed by atoms with Gasteiger partial charge in [-0.25, -0.2) is 0 Å². The molecule has 0 aliphatic carbocycles. The molecule has 4 amide bonds. The quantitative estimate of drug-likeness (QED) is 0.445. The van der Waals surface area contributed by atoms with Gasteiger partial charge in [0, 0.05) is 51.3 Å². The number of hydrogen-bond acceptors (Lipinski definition) is 7. The number of nitrogens with one attached hydrogen (secondary N) is 1. The van der Waals surface area contributed by atoms with Crippen LogP contribution in [0.2, 0.25) is 0 Å². The van der Waals surface area contributed by atoms with E-state index in [-0.39, 0.29) is 62.6 Å². The van der Waals surface area contributed by atoms with Crippen LogP contribution in [0.5, 0.6) is 0 Å². The molecule has 0 unspecified atom stereocenters. The highest BCUT2D eigenvalue weighted by molar-refractivity contribution is 6.02. The van der Waals surface area contributed by atoms with Crippen LogP contribution in [0, 0.1) is 13.8 Å². The van der Waals surface area contributed by atoms with Gasteiger partial charge in [-0.1, -0.05) is 18.2 Å². The van der Waals surface area contributed by atoms with E-state index < -0.39 is 5.97 Å². The van der Waals surface area contributed by atoms with Gasteiger partial charge in [-0.2, -0.15) is 0 Å². The standard InChI is InChI=1S/C23H30N4O6/c1-16-4-3-5-17(2)23(16)24-18(28)14-25-10-12-26(13-11-25)21(31)15-33-22(32)8-9-27-19(29)6-7-20(27)30/h3-5H,6-15H2,1-2H3,(H,24,28). The number of imide groups is 1. The molecule has 0 aromatic heterocycles. The van der Waals surface area contributed by atoms with E-state index in [9.17, 15) is 24.0 Å². The third kappa shape index (κ3) is 6.61. The minimum atomic E-state index is -0.627. The summed E-state index contributed by atoms with van der Waals surface area (Å²) >= 11 is 0. The summed E-state index contributed by atoms with van der Waals surface area (Å²) in [5, 5.41) is 2.97. The van der Waals surface area contributed by atoms with Crippen molar-refractivity contribution in [3.8, 4) is 0 Å². The van der Waals surface area contributed by atoms with Gasteiger partial charge in [-0.05, 0) is 25.0 Å². The minimum absolute atomic E-state index is 0.0204. The van der Waals surface area contributed by atoms with Crippen LogP contribution in [-0.4, -0.2) is 90.2 Å². The Hall–Kier alpha value is -3.27. The van der Waals surface area contributed by atoms with E-state index in [1.165, 1.54) is 0 Å². The smallest absolute Gasteiger partial charge is 0.308 e. The average molecular weight is 459 g/mol. The van der Waals surface area contributed by atoms with E-state index in [0.717, 1.165) is 21.7 Å². The molecule has 2 heterocycles. The Kier molecular flexibility index (Phi) is 8.16. The fourth-order valence-electron chi connectivity index (χ4n) is 3.93. The van der Waals surface area contributed by atoms with Crippen LogP contribution in [0.15, 0.2) is 18.2 Å². The van der Waals surface area contributed by atoms with Crippen LogP contribution >= 0.6 is 0 Å². The van der Waals surface area contributed by atoms with E-state index >= 15 is 0 Å². The average Bonchev–Trinajstić information content (AvgIpc) is 3.11. The number of benzene rings is 1. The highest BCUT2D eigenvalue weighted by Gasteiger charge is 2.29. The lowest BCUT2D eigenvalue weighted by atomic mass is 10.1. The number of esters is 1. The van der Waals surface area contributed by atoms with E-state index in [1.807, 2.05) is 36.9 Å². The molecule has 2 fully saturated rings. The van der Waals surface area contributed by atoms with E-state index in [1.54, 1.807) is 4.90 Å². The van der Waals surface area contributed by atoms with Gasteiger partial charge in [0.25, 0.3) is 5.91 Å². The van der Waals surface area contributed by atoms with Crippen LogP contribution in [0.3, 0.4) is 0 Å². The maximum absolute atomic E-state index is 12.4. The molecule has 2 aliphatic heterocycles. The van der Waals surface area contributed by atoms with Crippen molar-refractivity contribution >= 4 is 35.3 Å². The number of rotatable bonds is 8. The van der Waals surface area contributed by atoms with Gasteiger partial charge in [-0.15, -0.1) is 0 Å². The highest BCUT2D eigenvalue weighted by Crippen LogP contribution is 2.19. The summed E-state index contributed by atoms with van der Waals surface area (Å²) < 4.78 is 5.01. The summed E-state index contributed by atoms with van der Waals surface area (Å²) in [6, 6.07) is 5.85. The Bertz CT molecular complexity index is 903. The fourth-order valence-corrected chi connectivity index (χ4v) is 3.93. The van der Waals surface area contributed by atoms with Gasteiger partial charge in [-0.3, -0.25) is 33.8 Å². The van der Waals surface area contributed by atoms with E-state index in [0.29, 0.717) is 26.2 Å². The number of piperazine rings is 1. The van der Waals surface area contributed by atoms with E-state index in [4.69, 9.17) is 4.74 Å². The number of aryl methyl sites for hydroxylation is 2. The molecule has 0 bridgehead atoms. The zero-order valence-electron chi connectivity index (χ0n) is 19.1. The molecule has 1 aromatic carbocycles. The van der Waals surface area contributed by atoms with Crippen molar-refractivity contribution in [1.29, 1.82) is 0 Å². The third-order valence-electron chi connectivity index (χ3n) is 5.89. The summed E-state index contributed by atoms with van der Waals surface area (Å²) in [7, 11) is 0. The van der Waals surface area contributed by atoms with Crippen LogP contribution in [-0.2, 0) is 28.7 Å². The van der Waals surface area contributed by atoms with E-state index in [2.05, 4.69) is 5.32 Å². The highest BCUT2D eigenvalue weighted by atomic mass is 16.5. The molecular weight excluding hydrogens is 428 g/mol. The van der Waals surface area contributed by atoms with Crippen molar-refractivity contribution in [2.45, 2.75) is 33.1 Å². The zero-order chi connectivity index (χ0) is 24.0. The van der Waals surface area contributed by atoms with Gasteiger partial charge in [0.2, 0.25) is 17.7 Å². The maximum atomic E-state index is 12.4. The molecule has 33 heavy (non-hydrogen) atoms. The Morgan fingerprint density at radius 3 is 2.18 bits per heavy atom. The topological polar surface area (TPSA) is 116 Å². The van der Waals surface area contributed by atoms with Gasteiger partial charge < -0.3 is 15.0 Å². The molecule has 10 heteroatoms. The summed E-state index contributed by atoms with van der Waals surface area (Å²) in [4.78, 5) is 64.4. The monoisotopic (exact) mass is 458 g/mol. The molecule has 0 radical (unpaired) electrons. The second kappa shape index (κ2) is 11.0. The number of carbonyl (C=O) groups excluding carboxylic acids is 5. The van der Waals surface area contributed by atoms with Gasteiger partial charge >= 0.3 is 5.97 Å². The van der Waals surface area contributed by atoms with Gasteiger partial charge in [0.15, 0.2) is 6.61 Å². The second-order valence-electron chi connectivity index (χ2n) is 8.32. The minimum Gasteiger partial charge on any atom is -0.456 e. The van der Waals surface area contributed by atoms with Crippen LogP contribution in [0.4, 0.5) is 5.69 Å². The molecule has 2 aliphatic rings. The normalized spacial score (nSPS) is 16.8. The number of para-hydroxylation sites is 1. The first-order valence-electron chi connectivity index (χ1n) is 11.1. The SMILES string of the molecule is Cc1cccc(C)c1NC(=O)CN1CCN(C(=O)COC(=O)CCN2C(=O)CCC2=O)CC1. The Labute approximate surface area is 192 Å². The first kappa shape index (κ1) is 24.4. The summed E-state index contributed by atoms with van der Waals surface area (Å²) in [6.45, 7) is 5.68. The summed E-state index contributed by atoms with van der Waals surface area (Å²) in [5.41, 5.74) is 2.84. The number of anilines is 1. The Morgan fingerprint density at radius 1 is 0.970 bits per heavy atom. The Balaban J connectivity index is 1.35. The van der Waals surface area contributed by atoms with Crippen molar-refractivity contribution < 1.29 is 28.7 Å². The number of amides is 4. The fraction of sp³-hybridized carbons (Fsp3) is 0.522. The van der Waals surface area contributed by atoms with Crippen LogP contribution < -0.4 is 5.32 Å². The predicted octanol–water partition coefficient (Wildman–Crippen LogP) is 0.468. The zero-order valence-corrected chi connectivity index (χ0v) is 19.1. The largest absolute Gasteiger partial charge is 0.456 e. The lowest BCUT2D eigenvalue weighted by Crippen LogP contribution is -2.51. The molecule has 2 saturated heterocycles. The molecule has 10 nitrogen and oxygen atoms in total. The van der Waals surface area contributed by atoms with Crippen molar-refractivity contribution in [2.75, 3.05) is 51.2 Å². The van der Waals surface area contributed by atoms with Crippen LogP contribution in [0.25, 0.3) is 0 Å². The second-order valence-corrected chi connectivity index (χ2v) is 8.32. The summed E-state index contributed by atoms with van der Waals surface area (Å²) in [6.07, 6.45) is 0.213. The van der Waals surface area contributed by atoms with Gasteiger partial charge in [0.05, 0.1) is 13.0 Å². The number of hydrogen-bond donors (Lipinski definition) is 1. The molecule has 0 spiro atoms. The van der Waals surface area contributed by atoms with Crippen molar-refractivity contribution in [1.82, 2.24) is 14.7 Å². The molecular formula is C23H30N4O6. The third-order valence-corrected chi connectivity index (χ3v) is 5.89. The van der Waals surface area contributed by atoms with Gasteiger partial charge in [0.1, 0.15) is 0 Å². The number of likely N-dealkylation sites (tertiary alicyclic amines) is 1.